The summed E-state index contributed by atoms with van der Waals surface area (Å²) in [5.74, 6) is 0.512. The average molecular weight is 236 g/mol. The topological polar surface area (TPSA) is 64.3 Å². The molecule has 17 heavy (non-hydrogen) atoms. The van der Waals surface area contributed by atoms with Crippen LogP contribution in [0.2, 0.25) is 0 Å². The van der Waals surface area contributed by atoms with Gasteiger partial charge in [0.25, 0.3) is 0 Å². The fraction of sp³-hybridized carbons (Fsp3) is 0.462. The van der Waals surface area contributed by atoms with E-state index < -0.39 is 6.04 Å². The van der Waals surface area contributed by atoms with Gasteiger partial charge in [0.15, 0.2) is 0 Å². The highest BCUT2D eigenvalue weighted by Crippen LogP contribution is 2.20. The van der Waals surface area contributed by atoms with Gasteiger partial charge < -0.3 is 15.8 Å². The predicted molar refractivity (Wildman–Crippen MR) is 69.1 cm³/mol. The Morgan fingerprint density at radius 1 is 1.41 bits per heavy atom. The van der Waals surface area contributed by atoms with Crippen molar-refractivity contribution in [2.24, 2.45) is 11.1 Å². The van der Waals surface area contributed by atoms with Crippen LogP contribution in [0.4, 0.5) is 5.69 Å². The van der Waals surface area contributed by atoms with E-state index in [2.05, 4.69) is 5.32 Å². The first-order valence-electron chi connectivity index (χ1n) is 5.55. The van der Waals surface area contributed by atoms with E-state index in [1.165, 1.54) is 0 Å². The molecule has 0 spiro atoms. The van der Waals surface area contributed by atoms with Gasteiger partial charge in [-0.15, -0.1) is 0 Å². The monoisotopic (exact) mass is 236 g/mol. The fourth-order valence-electron chi connectivity index (χ4n) is 1.31. The van der Waals surface area contributed by atoms with Crippen molar-refractivity contribution in [2.45, 2.75) is 26.8 Å². The van der Waals surface area contributed by atoms with Crippen molar-refractivity contribution in [3.05, 3.63) is 24.3 Å². The van der Waals surface area contributed by atoms with E-state index in [9.17, 15) is 4.79 Å². The van der Waals surface area contributed by atoms with E-state index in [0.717, 1.165) is 0 Å². The van der Waals surface area contributed by atoms with Gasteiger partial charge in [-0.25, -0.2) is 0 Å². The summed E-state index contributed by atoms with van der Waals surface area (Å²) in [6.07, 6.45) is 0. The maximum atomic E-state index is 11.9. The summed E-state index contributed by atoms with van der Waals surface area (Å²) in [5.41, 5.74) is 6.30. The number of amides is 1. The molecule has 4 nitrogen and oxygen atoms in total. The van der Waals surface area contributed by atoms with Crippen LogP contribution in [-0.4, -0.2) is 19.1 Å². The molecule has 1 aromatic rings. The molecule has 0 saturated heterocycles. The van der Waals surface area contributed by atoms with Gasteiger partial charge in [-0.2, -0.15) is 0 Å². The number of hydrogen-bond donors (Lipinski definition) is 2. The van der Waals surface area contributed by atoms with Crippen LogP contribution in [0.15, 0.2) is 24.3 Å². The molecule has 0 bridgehead atoms. The first-order valence-corrected chi connectivity index (χ1v) is 5.55. The summed E-state index contributed by atoms with van der Waals surface area (Å²) in [6.45, 7) is 5.80. The number of hydrogen-bond acceptors (Lipinski definition) is 3. The van der Waals surface area contributed by atoms with Gasteiger partial charge in [-0.1, -0.05) is 26.8 Å². The van der Waals surface area contributed by atoms with E-state index in [4.69, 9.17) is 10.5 Å². The molecule has 1 aromatic carbocycles. The first-order chi connectivity index (χ1) is 7.84. The van der Waals surface area contributed by atoms with Crippen LogP contribution in [0.3, 0.4) is 0 Å². The zero-order chi connectivity index (χ0) is 13.1. The van der Waals surface area contributed by atoms with Crippen molar-refractivity contribution in [1.29, 1.82) is 0 Å². The molecule has 0 aliphatic rings. The molecule has 0 aromatic heterocycles. The minimum atomic E-state index is -0.547. The molecule has 1 amide bonds. The number of carbonyl (C=O) groups is 1. The van der Waals surface area contributed by atoms with Crippen molar-refractivity contribution < 1.29 is 9.53 Å². The third-order valence-corrected chi connectivity index (χ3v) is 2.55. The number of anilines is 1. The molecule has 94 valence electrons. The Kier molecular flexibility index (Phi) is 4.12. The largest absolute Gasteiger partial charge is 0.497 e. The number of carbonyl (C=O) groups excluding carboxylic acids is 1. The maximum absolute atomic E-state index is 11.9. The van der Waals surface area contributed by atoms with Gasteiger partial charge in [-0.3, -0.25) is 4.79 Å². The number of nitrogens with one attached hydrogen (secondary N) is 1. The molecule has 0 aliphatic carbocycles. The van der Waals surface area contributed by atoms with Gasteiger partial charge in [0, 0.05) is 11.8 Å². The number of rotatable bonds is 3. The lowest BCUT2D eigenvalue weighted by Gasteiger charge is -2.25. The van der Waals surface area contributed by atoms with E-state index in [1.54, 1.807) is 19.2 Å². The second-order valence-corrected chi connectivity index (χ2v) is 5.06. The Morgan fingerprint density at radius 3 is 2.59 bits per heavy atom. The molecule has 1 atom stereocenters. The van der Waals surface area contributed by atoms with Crippen LogP contribution in [0.25, 0.3) is 0 Å². The highest BCUT2D eigenvalue weighted by atomic mass is 16.5. The summed E-state index contributed by atoms with van der Waals surface area (Å²) >= 11 is 0. The molecular formula is C13H20N2O2. The Balaban J connectivity index is 2.74. The van der Waals surface area contributed by atoms with Crippen LogP contribution in [-0.2, 0) is 4.79 Å². The number of benzene rings is 1. The number of nitrogens with two attached hydrogens (primary N) is 1. The lowest BCUT2D eigenvalue weighted by Crippen LogP contribution is -2.45. The summed E-state index contributed by atoms with van der Waals surface area (Å²) in [7, 11) is 1.59. The Bertz CT molecular complexity index is 397. The zero-order valence-electron chi connectivity index (χ0n) is 10.8. The standard InChI is InChI=1S/C13H20N2O2/c1-13(2,3)11(14)12(16)15-9-6-5-7-10(8-9)17-4/h5-8,11H,14H2,1-4H3,(H,15,16)/t11-/m1/s1. The van der Waals surface area contributed by atoms with Crippen LogP contribution < -0.4 is 15.8 Å². The zero-order valence-corrected chi connectivity index (χ0v) is 10.8. The molecule has 0 fully saturated rings. The van der Waals surface area contributed by atoms with Gasteiger partial charge >= 0.3 is 0 Å². The van der Waals surface area contributed by atoms with E-state index in [-0.39, 0.29) is 11.3 Å². The van der Waals surface area contributed by atoms with Gasteiger partial charge in [-0.05, 0) is 17.5 Å². The Morgan fingerprint density at radius 2 is 2.06 bits per heavy atom. The van der Waals surface area contributed by atoms with E-state index in [0.29, 0.717) is 11.4 Å². The molecular weight excluding hydrogens is 216 g/mol. The Labute approximate surface area is 102 Å². The third kappa shape index (κ3) is 3.75. The van der Waals surface area contributed by atoms with Crippen molar-refractivity contribution in [3.8, 4) is 5.75 Å². The molecule has 0 unspecified atom stereocenters. The van der Waals surface area contributed by atoms with Crippen molar-refractivity contribution in [3.63, 3.8) is 0 Å². The molecule has 0 saturated carbocycles. The SMILES string of the molecule is COc1cccc(NC(=O)[C@@H](N)C(C)(C)C)c1. The van der Waals surface area contributed by atoms with E-state index >= 15 is 0 Å². The third-order valence-electron chi connectivity index (χ3n) is 2.55. The molecule has 1 rings (SSSR count). The van der Waals surface area contributed by atoms with Crippen molar-refractivity contribution in [2.75, 3.05) is 12.4 Å². The minimum Gasteiger partial charge on any atom is -0.497 e. The smallest absolute Gasteiger partial charge is 0.241 e. The van der Waals surface area contributed by atoms with Crippen molar-refractivity contribution >= 4 is 11.6 Å². The number of methoxy groups -OCH3 is 1. The van der Waals surface area contributed by atoms with Crippen LogP contribution >= 0.6 is 0 Å². The summed E-state index contributed by atoms with van der Waals surface area (Å²) in [6, 6.07) is 6.65. The Hall–Kier alpha value is -1.55. The van der Waals surface area contributed by atoms with Gasteiger partial charge in [0.05, 0.1) is 13.2 Å². The lowest BCUT2D eigenvalue weighted by molar-refractivity contribution is -0.119. The average Bonchev–Trinajstić information content (AvgIpc) is 2.27. The summed E-state index contributed by atoms with van der Waals surface area (Å²) in [4.78, 5) is 11.9. The normalized spacial score (nSPS) is 13.0. The lowest BCUT2D eigenvalue weighted by atomic mass is 9.87. The highest BCUT2D eigenvalue weighted by Gasteiger charge is 2.27. The quantitative estimate of drug-likeness (QED) is 0.843. The van der Waals surface area contributed by atoms with E-state index in [1.807, 2.05) is 32.9 Å². The van der Waals surface area contributed by atoms with Gasteiger partial charge in [0.2, 0.25) is 5.91 Å². The number of ether oxygens (including phenoxy) is 1. The minimum absolute atomic E-state index is 0.189. The van der Waals surface area contributed by atoms with Gasteiger partial charge in [0.1, 0.15) is 5.75 Å². The molecule has 0 radical (unpaired) electrons. The maximum Gasteiger partial charge on any atom is 0.241 e. The summed E-state index contributed by atoms with van der Waals surface area (Å²) in [5, 5.41) is 2.78. The van der Waals surface area contributed by atoms with Crippen molar-refractivity contribution in [1.82, 2.24) is 0 Å². The second kappa shape index (κ2) is 5.19. The molecule has 0 aliphatic heterocycles. The highest BCUT2D eigenvalue weighted by molar-refractivity contribution is 5.95. The first kappa shape index (κ1) is 13.5. The molecule has 3 N–H and O–H groups in total. The molecule has 0 heterocycles. The van der Waals surface area contributed by atoms with Crippen LogP contribution in [0.5, 0.6) is 5.75 Å². The fourth-order valence-corrected chi connectivity index (χ4v) is 1.31. The van der Waals surface area contributed by atoms with Crippen LogP contribution in [0, 0.1) is 5.41 Å². The summed E-state index contributed by atoms with van der Waals surface area (Å²) < 4.78 is 5.08. The predicted octanol–water partition coefficient (Wildman–Crippen LogP) is 2.01. The molecule has 4 heteroatoms. The van der Waals surface area contributed by atoms with Crippen LogP contribution in [0.1, 0.15) is 20.8 Å². The second-order valence-electron chi connectivity index (χ2n) is 5.06.